The van der Waals surface area contributed by atoms with Gasteiger partial charge in [0.15, 0.2) is 5.78 Å². The van der Waals surface area contributed by atoms with E-state index < -0.39 is 0 Å². The highest BCUT2D eigenvalue weighted by molar-refractivity contribution is 5.95. The Hall–Kier alpha value is -1.09. The molecule has 64 valence electrons. The van der Waals surface area contributed by atoms with E-state index in [1.54, 1.807) is 13.1 Å². The molecule has 0 atom stereocenters. The topological polar surface area (TPSA) is 42.1 Å². The van der Waals surface area contributed by atoms with Crippen LogP contribution >= 0.6 is 0 Å². The van der Waals surface area contributed by atoms with E-state index in [2.05, 4.69) is 4.98 Å². The number of carbonyl (C=O) groups is 1. The van der Waals surface area contributed by atoms with Crippen molar-refractivity contribution in [3.63, 3.8) is 0 Å². The first-order chi connectivity index (χ1) is 5.79. The average Bonchev–Trinajstić information content (AvgIpc) is 2.47. The summed E-state index contributed by atoms with van der Waals surface area (Å²) >= 11 is 0. The Morgan fingerprint density at radius 1 is 1.67 bits per heavy atom. The van der Waals surface area contributed by atoms with Crippen LogP contribution in [0.25, 0.3) is 0 Å². The zero-order chi connectivity index (χ0) is 8.55. The minimum atomic E-state index is 0.109. The Morgan fingerprint density at radius 2 is 2.50 bits per heavy atom. The average molecular weight is 165 g/mol. The lowest BCUT2D eigenvalue weighted by molar-refractivity contribution is 0.0981. The van der Waals surface area contributed by atoms with Gasteiger partial charge in [-0.2, -0.15) is 0 Å². The van der Waals surface area contributed by atoms with Gasteiger partial charge in [0, 0.05) is 29.4 Å². The molecule has 0 aliphatic carbocycles. The first-order valence-corrected chi connectivity index (χ1v) is 4.07. The van der Waals surface area contributed by atoms with Crippen molar-refractivity contribution in [1.29, 1.82) is 0 Å². The molecule has 1 N–H and O–H groups in total. The van der Waals surface area contributed by atoms with Crippen molar-refractivity contribution in [3.8, 4) is 0 Å². The van der Waals surface area contributed by atoms with E-state index in [1.807, 2.05) is 0 Å². The van der Waals surface area contributed by atoms with Gasteiger partial charge in [-0.3, -0.25) is 4.79 Å². The minimum absolute atomic E-state index is 0.109. The van der Waals surface area contributed by atoms with E-state index in [0.29, 0.717) is 6.61 Å². The van der Waals surface area contributed by atoms with E-state index in [4.69, 9.17) is 4.74 Å². The molecule has 0 radical (unpaired) electrons. The van der Waals surface area contributed by atoms with Crippen molar-refractivity contribution >= 4 is 5.78 Å². The highest BCUT2D eigenvalue weighted by Gasteiger charge is 2.17. The molecule has 0 amide bonds. The summed E-state index contributed by atoms with van der Waals surface area (Å²) in [5, 5.41) is 0. The molecule has 0 aromatic carbocycles. The summed E-state index contributed by atoms with van der Waals surface area (Å²) in [6.07, 6.45) is 2.67. The van der Waals surface area contributed by atoms with E-state index in [-0.39, 0.29) is 5.78 Å². The Bertz CT molecular complexity index is 314. The highest BCUT2D eigenvalue weighted by Crippen LogP contribution is 2.20. The predicted octanol–water partition coefficient (Wildman–Crippen LogP) is 1.29. The number of aromatic amines is 1. The second-order valence-corrected chi connectivity index (χ2v) is 3.02. The molecule has 1 aliphatic heterocycles. The van der Waals surface area contributed by atoms with Crippen LogP contribution in [0.3, 0.4) is 0 Å². The van der Waals surface area contributed by atoms with E-state index in [1.165, 1.54) is 0 Å². The maximum absolute atomic E-state index is 11.1. The van der Waals surface area contributed by atoms with Gasteiger partial charge in [0.2, 0.25) is 0 Å². The molecule has 0 bridgehead atoms. The van der Waals surface area contributed by atoms with Crippen LogP contribution < -0.4 is 0 Å². The Labute approximate surface area is 70.7 Å². The van der Waals surface area contributed by atoms with Gasteiger partial charge < -0.3 is 9.72 Å². The van der Waals surface area contributed by atoms with Gasteiger partial charge >= 0.3 is 0 Å². The van der Waals surface area contributed by atoms with Crippen LogP contribution in [-0.4, -0.2) is 17.4 Å². The van der Waals surface area contributed by atoms with Crippen LogP contribution in [0, 0.1) is 0 Å². The van der Waals surface area contributed by atoms with Gasteiger partial charge in [0.1, 0.15) is 0 Å². The summed E-state index contributed by atoms with van der Waals surface area (Å²) in [6.45, 7) is 2.91. The second-order valence-electron chi connectivity index (χ2n) is 3.02. The third-order valence-corrected chi connectivity index (χ3v) is 2.20. The zero-order valence-corrected chi connectivity index (χ0v) is 7.02. The van der Waals surface area contributed by atoms with Gasteiger partial charge in [-0.1, -0.05) is 0 Å². The first kappa shape index (κ1) is 7.55. The van der Waals surface area contributed by atoms with Crippen molar-refractivity contribution in [2.75, 3.05) is 6.61 Å². The molecule has 2 rings (SSSR count). The largest absolute Gasteiger partial charge is 0.376 e. The maximum atomic E-state index is 11.1. The van der Waals surface area contributed by atoms with Gasteiger partial charge in [-0.15, -0.1) is 0 Å². The number of ether oxygens (including phenoxy) is 1. The molecule has 1 aliphatic rings. The summed E-state index contributed by atoms with van der Waals surface area (Å²) in [5.41, 5.74) is 2.99. The predicted molar refractivity (Wildman–Crippen MR) is 44.2 cm³/mol. The van der Waals surface area contributed by atoms with Crippen molar-refractivity contribution in [1.82, 2.24) is 4.98 Å². The van der Waals surface area contributed by atoms with Crippen molar-refractivity contribution in [3.05, 3.63) is 23.0 Å². The fourth-order valence-corrected chi connectivity index (χ4v) is 1.55. The van der Waals surface area contributed by atoms with E-state index in [9.17, 15) is 4.79 Å². The van der Waals surface area contributed by atoms with Crippen molar-refractivity contribution < 1.29 is 9.53 Å². The number of nitrogens with one attached hydrogen (secondary N) is 1. The standard InChI is InChI=1S/C9H11NO2/c1-6(11)7-4-10-9-2-3-12-5-8(7)9/h4,10H,2-3,5H2,1H3. The fraction of sp³-hybridized carbons (Fsp3) is 0.444. The number of ketones is 1. The molecule has 1 aromatic rings. The van der Waals surface area contributed by atoms with Crippen molar-refractivity contribution in [2.45, 2.75) is 20.0 Å². The first-order valence-electron chi connectivity index (χ1n) is 4.07. The van der Waals surface area contributed by atoms with Crippen LogP contribution in [0.2, 0.25) is 0 Å². The molecular weight excluding hydrogens is 154 g/mol. The molecule has 3 heteroatoms. The maximum Gasteiger partial charge on any atom is 0.161 e. The normalized spacial score (nSPS) is 15.8. The monoisotopic (exact) mass is 165 g/mol. The molecule has 12 heavy (non-hydrogen) atoms. The Morgan fingerprint density at radius 3 is 3.25 bits per heavy atom. The fourth-order valence-electron chi connectivity index (χ4n) is 1.55. The molecule has 0 spiro atoms. The number of hydrogen-bond donors (Lipinski definition) is 1. The summed E-state index contributed by atoms with van der Waals surface area (Å²) in [4.78, 5) is 14.2. The van der Waals surface area contributed by atoms with Gasteiger partial charge in [-0.05, 0) is 6.92 Å². The van der Waals surface area contributed by atoms with Gasteiger partial charge in [-0.25, -0.2) is 0 Å². The third kappa shape index (κ3) is 1.06. The summed E-state index contributed by atoms with van der Waals surface area (Å²) in [5.74, 6) is 0.109. The van der Waals surface area contributed by atoms with Crippen LogP contribution in [0.15, 0.2) is 6.20 Å². The second kappa shape index (κ2) is 2.75. The number of fused-ring (bicyclic) bond motifs is 1. The molecular formula is C9H11NO2. The number of carbonyl (C=O) groups excluding carboxylic acids is 1. The van der Waals surface area contributed by atoms with Gasteiger partial charge in [0.05, 0.1) is 13.2 Å². The quantitative estimate of drug-likeness (QED) is 0.637. The molecule has 2 heterocycles. The smallest absolute Gasteiger partial charge is 0.161 e. The van der Waals surface area contributed by atoms with Gasteiger partial charge in [0.25, 0.3) is 0 Å². The summed E-state index contributed by atoms with van der Waals surface area (Å²) < 4.78 is 5.27. The highest BCUT2D eigenvalue weighted by atomic mass is 16.5. The summed E-state index contributed by atoms with van der Waals surface area (Å²) in [7, 11) is 0. The molecule has 0 unspecified atom stereocenters. The number of H-pyrrole nitrogens is 1. The lowest BCUT2D eigenvalue weighted by Gasteiger charge is -2.12. The molecule has 0 saturated carbocycles. The molecule has 1 aromatic heterocycles. The van der Waals surface area contributed by atoms with E-state index >= 15 is 0 Å². The number of rotatable bonds is 1. The number of hydrogen-bond acceptors (Lipinski definition) is 2. The Balaban J connectivity index is 2.44. The lowest BCUT2D eigenvalue weighted by atomic mass is 10.1. The zero-order valence-electron chi connectivity index (χ0n) is 7.02. The summed E-state index contributed by atoms with van der Waals surface area (Å²) in [6, 6.07) is 0. The number of aromatic nitrogens is 1. The van der Waals surface area contributed by atoms with Crippen LogP contribution in [-0.2, 0) is 17.8 Å². The lowest BCUT2D eigenvalue weighted by Crippen LogP contribution is -2.10. The van der Waals surface area contributed by atoms with E-state index in [0.717, 1.165) is 29.8 Å². The molecule has 3 nitrogen and oxygen atoms in total. The number of Topliss-reactive ketones (excluding diaryl/α,β-unsaturated/α-hetero) is 1. The third-order valence-electron chi connectivity index (χ3n) is 2.20. The van der Waals surface area contributed by atoms with Crippen LogP contribution in [0.5, 0.6) is 0 Å². The van der Waals surface area contributed by atoms with Crippen molar-refractivity contribution in [2.24, 2.45) is 0 Å². The van der Waals surface area contributed by atoms with Crippen LogP contribution in [0.4, 0.5) is 0 Å². The Kier molecular flexibility index (Phi) is 1.73. The molecule has 0 saturated heterocycles. The molecule has 0 fully saturated rings. The SMILES string of the molecule is CC(=O)c1c[nH]c2c1COCC2. The van der Waals surface area contributed by atoms with Crippen LogP contribution in [0.1, 0.15) is 28.5 Å². The minimum Gasteiger partial charge on any atom is -0.376 e.